The summed E-state index contributed by atoms with van der Waals surface area (Å²) < 4.78 is 10.3. The monoisotopic (exact) mass is 402 g/mol. The highest BCUT2D eigenvalue weighted by Gasteiger charge is 2.20. The first-order chi connectivity index (χ1) is 14.1. The molecule has 0 aliphatic carbocycles. The van der Waals surface area contributed by atoms with Crippen molar-refractivity contribution in [2.75, 3.05) is 46.3 Å². The van der Waals surface area contributed by atoms with Gasteiger partial charge in [-0.25, -0.2) is 0 Å². The lowest BCUT2D eigenvalue weighted by Gasteiger charge is -2.36. The summed E-state index contributed by atoms with van der Waals surface area (Å²) in [7, 11) is 1.80. The van der Waals surface area contributed by atoms with Gasteiger partial charge in [-0.3, -0.25) is 14.7 Å². The number of aryl methyl sites for hydroxylation is 2. The summed E-state index contributed by atoms with van der Waals surface area (Å²) in [6.07, 6.45) is 2.33. The van der Waals surface area contributed by atoms with Crippen LogP contribution in [-0.4, -0.2) is 73.1 Å². The molecule has 0 aromatic carbocycles. The molecule has 0 spiro atoms. The minimum atomic E-state index is -0.171. The first-order valence-corrected chi connectivity index (χ1v) is 9.99. The molecule has 29 heavy (non-hydrogen) atoms. The molecule has 3 rings (SSSR count). The van der Waals surface area contributed by atoms with E-state index in [0.717, 1.165) is 68.7 Å². The van der Waals surface area contributed by atoms with Crippen LogP contribution in [0.15, 0.2) is 32.3 Å². The molecule has 2 N–H and O–H groups in total. The third kappa shape index (κ3) is 5.83. The van der Waals surface area contributed by atoms with Crippen molar-refractivity contribution in [3.63, 3.8) is 0 Å². The van der Waals surface area contributed by atoms with Crippen molar-refractivity contribution in [1.29, 1.82) is 0 Å². The third-order valence-electron chi connectivity index (χ3n) is 4.94. The van der Waals surface area contributed by atoms with E-state index in [-0.39, 0.29) is 5.91 Å². The van der Waals surface area contributed by atoms with E-state index < -0.39 is 0 Å². The van der Waals surface area contributed by atoms with Crippen LogP contribution in [0.5, 0.6) is 0 Å². The Kier molecular flexibility index (Phi) is 7.29. The van der Waals surface area contributed by atoms with Crippen LogP contribution in [0.2, 0.25) is 0 Å². The Morgan fingerprint density at radius 1 is 1.21 bits per heavy atom. The largest absolute Gasteiger partial charge is 0.459 e. The van der Waals surface area contributed by atoms with Crippen LogP contribution in [0, 0.1) is 13.8 Å². The summed E-state index contributed by atoms with van der Waals surface area (Å²) in [5.74, 6) is 1.96. The average molecular weight is 402 g/mol. The van der Waals surface area contributed by atoms with Gasteiger partial charge in [0.25, 0.3) is 5.91 Å². The number of guanidine groups is 1. The first-order valence-electron chi connectivity index (χ1n) is 9.99. The summed E-state index contributed by atoms with van der Waals surface area (Å²) in [6.45, 7) is 9.61. The SMILES string of the molecule is CN=C(NCCCNC(=O)c1occc1C)N1CCN(Cc2cc(C)on2)CC1. The number of aliphatic imine (C=N–C) groups is 1. The van der Waals surface area contributed by atoms with Crippen molar-refractivity contribution < 1.29 is 13.7 Å². The molecular formula is C20H30N6O3. The minimum absolute atomic E-state index is 0.171. The molecule has 2 aromatic rings. The maximum atomic E-state index is 12.0. The Hall–Kier alpha value is -2.81. The fourth-order valence-electron chi connectivity index (χ4n) is 3.35. The summed E-state index contributed by atoms with van der Waals surface area (Å²) >= 11 is 0. The number of nitrogens with zero attached hydrogens (tertiary/aromatic N) is 4. The zero-order chi connectivity index (χ0) is 20.6. The van der Waals surface area contributed by atoms with E-state index in [4.69, 9.17) is 8.94 Å². The standard InChI is InChI=1S/C20H30N6O3/c1-15-5-12-28-18(15)19(27)22-6-4-7-23-20(21-3)26-10-8-25(9-11-26)14-17-13-16(2)29-24-17/h5,12-13H,4,6-11,14H2,1-3H3,(H,21,23)(H,22,27). The van der Waals surface area contributed by atoms with Gasteiger partial charge in [0.15, 0.2) is 11.7 Å². The second kappa shape index (κ2) is 10.1. The molecular weight excluding hydrogens is 372 g/mol. The Labute approximate surface area is 171 Å². The second-order valence-electron chi connectivity index (χ2n) is 7.21. The normalized spacial score (nSPS) is 15.6. The highest BCUT2D eigenvalue weighted by atomic mass is 16.5. The first kappa shape index (κ1) is 20.9. The predicted octanol–water partition coefficient (Wildman–Crippen LogP) is 1.40. The van der Waals surface area contributed by atoms with Crippen LogP contribution >= 0.6 is 0 Å². The molecule has 0 atom stereocenters. The van der Waals surface area contributed by atoms with Gasteiger partial charge < -0.3 is 24.5 Å². The number of carbonyl (C=O) groups excluding carboxylic acids is 1. The van der Waals surface area contributed by atoms with Crippen molar-refractivity contribution in [2.45, 2.75) is 26.8 Å². The number of carbonyl (C=O) groups is 1. The summed E-state index contributed by atoms with van der Waals surface area (Å²) in [6, 6.07) is 3.77. The fourth-order valence-corrected chi connectivity index (χ4v) is 3.35. The molecule has 1 saturated heterocycles. The number of piperazine rings is 1. The van der Waals surface area contributed by atoms with Crippen molar-refractivity contribution in [1.82, 2.24) is 25.6 Å². The number of rotatable bonds is 7. The molecule has 0 unspecified atom stereocenters. The van der Waals surface area contributed by atoms with Gasteiger partial charge in [-0.2, -0.15) is 0 Å². The maximum Gasteiger partial charge on any atom is 0.287 e. The van der Waals surface area contributed by atoms with E-state index in [2.05, 4.69) is 30.6 Å². The average Bonchev–Trinajstić information content (AvgIpc) is 3.33. The number of furan rings is 1. The number of hydrogen-bond donors (Lipinski definition) is 2. The molecule has 0 saturated carbocycles. The summed E-state index contributed by atoms with van der Waals surface area (Å²) in [4.78, 5) is 21.0. The van der Waals surface area contributed by atoms with E-state index in [0.29, 0.717) is 12.3 Å². The van der Waals surface area contributed by atoms with Gasteiger partial charge in [-0.15, -0.1) is 0 Å². The minimum Gasteiger partial charge on any atom is -0.459 e. The Bertz CT molecular complexity index is 820. The van der Waals surface area contributed by atoms with Gasteiger partial charge >= 0.3 is 0 Å². The van der Waals surface area contributed by atoms with Crippen LogP contribution in [0.1, 0.15) is 34.0 Å². The lowest BCUT2D eigenvalue weighted by molar-refractivity contribution is 0.0925. The van der Waals surface area contributed by atoms with Gasteiger partial charge in [-0.1, -0.05) is 5.16 Å². The Morgan fingerprint density at radius 3 is 2.59 bits per heavy atom. The van der Waals surface area contributed by atoms with E-state index in [9.17, 15) is 4.79 Å². The quantitative estimate of drug-likeness (QED) is 0.410. The third-order valence-corrected chi connectivity index (χ3v) is 4.94. The molecule has 158 valence electrons. The predicted molar refractivity (Wildman–Crippen MR) is 110 cm³/mol. The topological polar surface area (TPSA) is 99.1 Å². The summed E-state index contributed by atoms with van der Waals surface area (Å²) in [5, 5.41) is 10.3. The van der Waals surface area contributed by atoms with Gasteiger partial charge in [0.1, 0.15) is 5.76 Å². The zero-order valence-electron chi connectivity index (χ0n) is 17.4. The van der Waals surface area contributed by atoms with E-state index in [1.807, 2.05) is 19.9 Å². The smallest absolute Gasteiger partial charge is 0.287 e. The van der Waals surface area contributed by atoms with Crippen molar-refractivity contribution in [3.05, 3.63) is 41.2 Å². The molecule has 9 nitrogen and oxygen atoms in total. The highest BCUT2D eigenvalue weighted by molar-refractivity contribution is 5.92. The van der Waals surface area contributed by atoms with Crippen LogP contribution in [-0.2, 0) is 6.54 Å². The number of amides is 1. The number of hydrogen-bond acceptors (Lipinski definition) is 6. The van der Waals surface area contributed by atoms with Crippen LogP contribution in [0.4, 0.5) is 0 Å². The fraction of sp³-hybridized carbons (Fsp3) is 0.550. The highest BCUT2D eigenvalue weighted by Crippen LogP contribution is 2.10. The molecule has 1 aliphatic heterocycles. The molecule has 1 fully saturated rings. The lowest BCUT2D eigenvalue weighted by Crippen LogP contribution is -2.52. The molecule has 1 amide bonds. The number of aromatic nitrogens is 1. The second-order valence-corrected chi connectivity index (χ2v) is 7.21. The van der Waals surface area contributed by atoms with Crippen LogP contribution in [0.3, 0.4) is 0 Å². The zero-order valence-corrected chi connectivity index (χ0v) is 17.4. The van der Waals surface area contributed by atoms with E-state index in [1.54, 1.807) is 13.1 Å². The van der Waals surface area contributed by atoms with Gasteiger partial charge in [0.05, 0.1) is 12.0 Å². The molecule has 3 heterocycles. The van der Waals surface area contributed by atoms with Gasteiger partial charge in [0.2, 0.25) is 0 Å². The van der Waals surface area contributed by atoms with Gasteiger partial charge in [-0.05, 0) is 26.3 Å². The molecule has 2 aromatic heterocycles. The molecule has 9 heteroatoms. The molecule has 1 aliphatic rings. The van der Waals surface area contributed by atoms with Crippen molar-refractivity contribution in [3.8, 4) is 0 Å². The summed E-state index contributed by atoms with van der Waals surface area (Å²) in [5.41, 5.74) is 1.82. The maximum absolute atomic E-state index is 12.0. The van der Waals surface area contributed by atoms with Crippen molar-refractivity contribution >= 4 is 11.9 Å². The Morgan fingerprint density at radius 2 is 1.97 bits per heavy atom. The molecule has 0 bridgehead atoms. The van der Waals surface area contributed by atoms with Crippen molar-refractivity contribution in [2.24, 2.45) is 4.99 Å². The number of nitrogens with one attached hydrogen (secondary N) is 2. The van der Waals surface area contributed by atoms with Crippen LogP contribution < -0.4 is 10.6 Å². The van der Waals surface area contributed by atoms with E-state index >= 15 is 0 Å². The van der Waals surface area contributed by atoms with Crippen LogP contribution in [0.25, 0.3) is 0 Å². The van der Waals surface area contributed by atoms with E-state index in [1.165, 1.54) is 6.26 Å². The Balaban J connectivity index is 1.33. The van der Waals surface area contributed by atoms with Gasteiger partial charge in [0, 0.05) is 64.5 Å². The molecule has 0 radical (unpaired) electrons. The lowest BCUT2D eigenvalue weighted by atomic mass is 10.2.